The molecular weight excluding hydrogens is 531 g/mol. The van der Waals surface area contributed by atoms with Crippen LogP contribution in [0.2, 0.25) is 0 Å². The number of aromatic nitrogens is 1. The molecule has 0 bridgehead atoms. The molecule has 1 aliphatic rings. The maximum atomic E-state index is 6.24. The molecule has 0 unspecified atom stereocenters. The van der Waals surface area contributed by atoms with Crippen LogP contribution >= 0.6 is 11.3 Å². The van der Waals surface area contributed by atoms with Gasteiger partial charge in [-0.25, -0.2) is 0 Å². The van der Waals surface area contributed by atoms with Crippen molar-refractivity contribution < 1.29 is 4.42 Å². The lowest BCUT2D eigenvalue weighted by Crippen LogP contribution is -2.15. The molecule has 9 aromatic rings. The number of thiophene rings is 1. The Bertz CT molecular complexity index is 2610. The van der Waals surface area contributed by atoms with E-state index >= 15 is 0 Å². The zero-order chi connectivity index (χ0) is 27.7. The Hall–Kier alpha value is -4.86. The molecule has 42 heavy (non-hydrogen) atoms. The van der Waals surface area contributed by atoms with Crippen LogP contribution in [0.25, 0.3) is 80.7 Å². The normalized spacial score (nSPS) is 14.1. The number of para-hydroxylation sites is 2. The molecule has 0 saturated heterocycles. The fraction of sp³-hybridized carbons (Fsp3) is 0.0769. The first-order valence-corrected chi connectivity index (χ1v) is 15.4. The van der Waals surface area contributed by atoms with Crippen LogP contribution in [0.15, 0.2) is 120 Å². The van der Waals surface area contributed by atoms with Gasteiger partial charge in [0.05, 0.1) is 11.0 Å². The lowest BCUT2D eigenvalue weighted by molar-refractivity contribution is 0.667. The smallest absolute Gasteiger partial charge is 0.135 e. The summed E-state index contributed by atoms with van der Waals surface area (Å²) in [4.78, 5) is 0. The Kier molecular flexibility index (Phi) is 4.18. The fourth-order valence-electron chi connectivity index (χ4n) is 7.79. The minimum absolute atomic E-state index is 0.120. The van der Waals surface area contributed by atoms with Crippen molar-refractivity contribution in [3.05, 3.63) is 126 Å². The van der Waals surface area contributed by atoms with Gasteiger partial charge in [-0.2, -0.15) is 0 Å². The summed E-state index contributed by atoms with van der Waals surface area (Å²) >= 11 is 1.95. The molecule has 198 valence electrons. The molecule has 0 atom stereocenters. The van der Waals surface area contributed by atoms with Crippen molar-refractivity contribution in [2.24, 2.45) is 0 Å². The molecule has 3 heteroatoms. The van der Waals surface area contributed by atoms with Crippen LogP contribution in [0, 0.1) is 0 Å². The second-order valence-corrected chi connectivity index (χ2v) is 13.1. The number of rotatable bonds is 1. The van der Waals surface area contributed by atoms with Gasteiger partial charge >= 0.3 is 0 Å². The standard InChI is InChI=1S/C39H25NOS/c1-39(2)28-15-7-3-12-24(28)35-36(39)38-34(26-14-6-10-18-32(26)42-38)33-25-13-4-8-16-29(25)40(37(33)35)22-19-20-31-27(21-22)23-11-5-9-17-30(23)41-31/h3-21H,1-2H3. The third-order valence-electron chi connectivity index (χ3n) is 9.55. The number of nitrogens with zero attached hydrogens (tertiary/aromatic N) is 1. The summed E-state index contributed by atoms with van der Waals surface area (Å²) < 4.78 is 11.5. The van der Waals surface area contributed by atoms with Crippen molar-refractivity contribution in [2.75, 3.05) is 0 Å². The third kappa shape index (κ3) is 2.66. The molecule has 0 radical (unpaired) electrons. The van der Waals surface area contributed by atoms with Crippen LogP contribution in [-0.4, -0.2) is 4.57 Å². The van der Waals surface area contributed by atoms with E-state index in [-0.39, 0.29) is 5.41 Å². The Morgan fingerprint density at radius 2 is 1.36 bits per heavy atom. The Labute approximate surface area is 246 Å². The highest BCUT2D eigenvalue weighted by Crippen LogP contribution is 2.58. The summed E-state index contributed by atoms with van der Waals surface area (Å²) in [5, 5.41) is 7.67. The van der Waals surface area contributed by atoms with E-state index in [1.165, 1.54) is 64.2 Å². The molecule has 0 fully saturated rings. The lowest BCUT2D eigenvalue weighted by atomic mass is 9.81. The van der Waals surface area contributed by atoms with Gasteiger partial charge in [0.15, 0.2) is 0 Å². The highest BCUT2D eigenvalue weighted by atomic mass is 32.1. The second kappa shape index (κ2) is 7.70. The molecule has 0 N–H and O–H groups in total. The first kappa shape index (κ1) is 22.8. The molecular formula is C39H25NOS. The third-order valence-corrected chi connectivity index (χ3v) is 10.7. The van der Waals surface area contributed by atoms with Crippen LogP contribution in [-0.2, 0) is 5.41 Å². The van der Waals surface area contributed by atoms with E-state index in [9.17, 15) is 0 Å². The minimum atomic E-state index is -0.120. The van der Waals surface area contributed by atoms with E-state index < -0.39 is 0 Å². The van der Waals surface area contributed by atoms with Gasteiger partial charge in [0.2, 0.25) is 0 Å². The molecule has 1 aliphatic carbocycles. The van der Waals surface area contributed by atoms with Gasteiger partial charge in [0, 0.05) is 58.4 Å². The number of benzene rings is 6. The van der Waals surface area contributed by atoms with Crippen LogP contribution in [0.4, 0.5) is 0 Å². The van der Waals surface area contributed by atoms with Crippen LogP contribution in [0.5, 0.6) is 0 Å². The van der Waals surface area contributed by atoms with Gasteiger partial charge < -0.3 is 8.98 Å². The van der Waals surface area contributed by atoms with Crippen molar-refractivity contribution in [2.45, 2.75) is 19.3 Å². The highest BCUT2D eigenvalue weighted by Gasteiger charge is 2.40. The predicted octanol–water partition coefficient (Wildman–Crippen LogP) is 11.4. The van der Waals surface area contributed by atoms with E-state index in [1.54, 1.807) is 0 Å². The van der Waals surface area contributed by atoms with Crippen LogP contribution in [0.3, 0.4) is 0 Å². The average molecular weight is 556 g/mol. The van der Waals surface area contributed by atoms with Crippen molar-refractivity contribution in [1.29, 1.82) is 0 Å². The summed E-state index contributed by atoms with van der Waals surface area (Å²) in [5.74, 6) is 0. The average Bonchev–Trinajstić information content (AvgIpc) is 3.74. The number of hydrogen-bond acceptors (Lipinski definition) is 2. The maximum absolute atomic E-state index is 6.24. The van der Waals surface area contributed by atoms with E-state index in [2.05, 4.69) is 128 Å². The molecule has 0 saturated carbocycles. The zero-order valence-electron chi connectivity index (χ0n) is 23.2. The molecule has 3 aromatic heterocycles. The van der Waals surface area contributed by atoms with E-state index in [4.69, 9.17) is 4.42 Å². The molecule has 10 rings (SSSR count). The summed E-state index contributed by atoms with van der Waals surface area (Å²) in [5.41, 5.74) is 11.0. The van der Waals surface area contributed by atoms with E-state index in [0.29, 0.717) is 0 Å². The van der Waals surface area contributed by atoms with Gasteiger partial charge in [-0.15, -0.1) is 11.3 Å². The SMILES string of the molecule is CC1(C)c2ccccc2-c2c1c1sc3ccccc3c1c1c3ccccc3n(-c3ccc4oc5ccccc5c4c3)c21. The molecule has 0 spiro atoms. The summed E-state index contributed by atoms with van der Waals surface area (Å²) in [6.45, 7) is 4.81. The zero-order valence-corrected chi connectivity index (χ0v) is 24.0. The molecule has 3 heterocycles. The minimum Gasteiger partial charge on any atom is -0.456 e. The number of hydrogen-bond donors (Lipinski definition) is 0. The van der Waals surface area contributed by atoms with Crippen molar-refractivity contribution in [3.8, 4) is 16.8 Å². The summed E-state index contributed by atoms with van der Waals surface area (Å²) in [6, 6.07) is 42.0. The molecule has 6 aromatic carbocycles. The highest BCUT2D eigenvalue weighted by molar-refractivity contribution is 7.26. The molecule has 0 aliphatic heterocycles. The van der Waals surface area contributed by atoms with Crippen molar-refractivity contribution in [3.63, 3.8) is 0 Å². The Balaban J connectivity index is 1.49. The maximum Gasteiger partial charge on any atom is 0.135 e. The summed E-state index contributed by atoms with van der Waals surface area (Å²) in [7, 11) is 0. The molecule has 2 nitrogen and oxygen atoms in total. The van der Waals surface area contributed by atoms with Crippen LogP contribution in [0.1, 0.15) is 25.0 Å². The second-order valence-electron chi connectivity index (χ2n) is 12.1. The summed E-state index contributed by atoms with van der Waals surface area (Å²) in [6.07, 6.45) is 0. The van der Waals surface area contributed by atoms with Gasteiger partial charge in [0.25, 0.3) is 0 Å². The largest absolute Gasteiger partial charge is 0.456 e. The Morgan fingerprint density at radius 3 is 2.26 bits per heavy atom. The first-order valence-electron chi connectivity index (χ1n) is 14.5. The quantitative estimate of drug-likeness (QED) is 0.197. The van der Waals surface area contributed by atoms with Gasteiger partial charge in [-0.3, -0.25) is 0 Å². The lowest BCUT2D eigenvalue weighted by Gasteiger charge is -2.22. The predicted molar refractivity (Wildman–Crippen MR) is 179 cm³/mol. The van der Waals surface area contributed by atoms with Gasteiger partial charge in [-0.05, 0) is 53.1 Å². The number of fused-ring (bicyclic) bond motifs is 15. The monoisotopic (exact) mass is 555 g/mol. The topological polar surface area (TPSA) is 18.1 Å². The van der Waals surface area contributed by atoms with Crippen LogP contribution < -0.4 is 0 Å². The molecule has 0 amide bonds. The Morgan fingerprint density at radius 1 is 0.643 bits per heavy atom. The van der Waals surface area contributed by atoms with Crippen molar-refractivity contribution in [1.82, 2.24) is 4.57 Å². The fourth-order valence-corrected chi connectivity index (χ4v) is 9.21. The number of furan rings is 1. The van der Waals surface area contributed by atoms with Gasteiger partial charge in [-0.1, -0.05) is 92.7 Å². The van der Waals surface area contributed by atoms with E-state index in [1.807, 2.05) is 17.4 Å². The van der Waals surface area contributed by atoms with Gasteiger partial charge in [0.1, 0.15) is 11.2 Å². The van der Waals surface area contributed by atoms with E-state index in [0.717, 1.165) is 27.6 Å². The first-order chi connectivity index (χ1) is 20.6. The van der Waals surface area contributed by atoms with Crippen molar-refractivity contribution >= 4 is 75.3 Å².